The molecule has 2 amide bonds. The molecule has 0 aliphatic carbocycles. The van der Waals surface area contributed by atoms with Crippen LogP contribution in [0.15, 0.2) is 24.3 Å². The molecule has 0 bridgehead atoms. The highest BCUT2D eigenvalue weighted by Crippen LogP contribution is 2.30. The summed E-state index contributed by atoms with van der Waals surface area (Å²) < 4.78 is 37.3. The van der Waals surface area contributed by atoms with Crippen molar-refractivity contribution in [2.45, 2.75) is 18.6 Å². The summed E-state index contributed by atoms with van der Waals surface area (Å²) in [4.78, 5) is 22.0. The van der Waals surface area contributed by atoms with Gasteiger partial charge in [0.2, 0.25) is 11.8 Å². The van der Waals surface area contributed by atoms with Crippen LogP contribution in [-0.2, 0) is 15.8 Å². The van der Waals surface area contributed by atoms with E-state index in [2.05, 4.69) is 5.32 Å². The van der Waals surface area contributed by atoms with Gasteiger partial charge in [-0.05, 0) is 18.2 Å². The number of carbonyl (C=O) groups is 2. The Morgan fingerprint density at radius 3 is 2.47 bits per heavy atom. The van der Waals surface area contributed by atoms with Crippen molar-refractivity contribution in [3.8, 4) is 0 Å². The first-order valence-corrected chi connectivity index (χ1v) is 5.22. The Morgan fingerprint density at radius 1 is 1.32 bits per heavy atom. The van der Waals surface area contributed by atoms with Gasteiger partial charge >= 0.3 is 6.18 Å². The molecule has 8 heteroatoms. The minimum Gasteiger partial charge on any atom is -0.370 e. The number of primary amides is 1. The van der Waals surface area contributed by atoms with E-state index in [-0.39, 0.29) is 12.1 Å². The van der Waals surface area contributed by atoms with Crippen LogP contribution < -0.4 is 16.8 Å². The van der Waals surface area contributed by atoms with Crippen molar-refractivity contribution in [1.29, 1.82) is 0 Å². The van der Waals surface area contributed by atoms with Gasteiger partial charge in [0.05, 0.1) is 18.0 Å². The van der Waals surface area contributed by atoms with E-state index in [9.17, 15) is 22.8 Å². The lowest BCUT2D eigenvalue weighted by Gasteiger charge is -2.12. The fourth-order valence-corrected chi connectivity index (χ4v) is 1.32. The Kier molecular flexibility index (Phi) is 4.49. The number of nitrogens with two attached hydrogens (primary N) is 2. The van der Waals surface area contributed by atoms with Crippen LogP contribution in [0.4, 0.5) is 18.9 Å². The van der Waals surface area contributed by atoms with Crippen LogP contribution in [-0.4, -0.2) is 17.9 Å². The fourth-order valence-electron chi connectivity index (χ4n) is 1.32. The molecule has 0 aliphatic heterocycles. The van der Waals surface area contributed by atoms with Crippen molar-refractivity contribution < 1.29 is 22.8 Å². The molecular weight excluding hydrogens is 263 g/mol. The second kappa shape index (κ2) is 5.70. The van der Waals surface area contributed by atoms with E-state index in [1.807, 2.05) is 0 Å². The summed E-state index contributed by atoms with van der Waals surface area (Å²) in [5.74, 6) is -1.55. The molecule has 5 N–H and O–H groups in total. The normalized spacial score (nSPS) is 12.8. The van der Waals surface area contributed by atoms with Gasteiger partial charge in [-0.25, -0.2) is 0 Å². The van der Waals surface area contributed by atoms with E-state index in [0.717, 1.165) is 18.2 Å². The maximum atomic E-state index is 12.4. The van der Waals surface area contributed by atoms with Crippen LogP contribution in [0.25, 0.3) is 0 Å². The van der Waals surface area contributed by atoms with Gasteiger partial charge in [-0.2, -0.15) is 13.2 Å². The van der Waals surface area contributed by atoms with Gasteiger partial charge in [0.25, 0.3) is 0 Å². The highest BCUT2D eigenvalue weighted by Gasteiger charge is 2.30. The molecule has 0 saturated heterocycles. The summed E-state index contributed by atoms with van der Waals surface area (Å²) in [6, 6.07) is 2.88. The number of amides is 2. The molecule has 104 valence electrons. The highest BCUT2D eigenvalue weighted by atomic mass is 19.4. The summed E-state index contributed by atoms with van der Waals surface area (Å²) >= 11 is 0. The first-order valence-electron chi connectivity index (χ1n) is 5.22. The van der Waals surface area contributed by atoms with Crippen molar-refractivity contribution in [3.05, 3.63) is 29.8 Å². The Labute approximate surface area is 106 Å². The summed E-state index contributed by atoms with van der Waals surface area (Å²) in [6.07, 6.45) is -4.89. The third kappa shape index (κ3) is 4.59. The molecule has 0 aromatic heterocycles. The van der Waals surface area contributed by atoms with E-state index < -0.39 is 29.6 Å². The standard InChI is InChI=1S/C11H12F3N3O2/c12-11(13,14)6-2-1-3-7(4-6)17-10(19)8(15)5-9(16)18/h1-4,8H,5,15H2,(H2,16,18)(H,17,19). The van der Waals surface area contributed by atoms with Gasteiger partial charge < -0.3 is 16.8 Å². The number of carbonyl (C=O) groups excluding carboxylic acids is 2. The molecular formula is C11H12F3N3O2. The number of benzene rings is 1. The number of anilines is 1. The first-order chi connectivity index (χ1) is 8.70. The van der Waals surface area contributed by atoms with Crippen LogP contribution in [0, 0.1) is 0 Å². The molecule has 0 fully saturated rings. The predicted molar refractivity (Wildman–Crippen MR) is 61.9 cm³/mol. The van der Waals surface area contributed by atoms with Gasteiger partial charge in [0.1, 0.15) is 0 Å². The zero-order chi connectivity index (χ0) is 14.6. The van der Waals surface area contributed by atoms with Gasteiger partial charge in [-0.1, -0.05) is 6.07 Å². The van der Waals surface area contributed by atoms with E-state index >= 15 is 0 Å². The van der Waals surface area contributed by atoms with E-state index in [0.29, 0.717) is 0 Å². The molecule has 1 rings (SSSR count). The molecule has 19 heavy (non-hydrogen) atoms. The van der Waals surface area contributed by atoms with Crippen molar-refractivity contribution in [2.24, 2.45) is 11.5 Å². The quantitative estimate of drug-likeness (QED) is 0.759. The molecule has 1 aromatic carbocycles. The monoisotopic (exact) mass is 275 g/mol. The Bertz CT molecular complexity index is 488. The zero-order valence-corrected chi connectivity index (χ0v) is 9.70. The summed E-state index contributed by atoms with van der Waals surface area (Å²) in [6.45, 7) is 0. The predicted octanol–water partition coefficient (Wildman–Crippen LogP) is 0.847. The van der Waals surface area contributed by atoms with E-state index in [1.54, 1.807) is 0 Å². The number of hydrogen-bond acceptors (Lipinski definition) is 3. The SMILES string of the molecule is NC(=O)CC(N)C(=O)Nc1cccc(C(F)(F)F)c1. The molecule has 0 aliphatic rings. The van der Waals surface area contributed by atoms with Gasteiger partial charge in [0, 0.05) is 5.69 Å². The first kappa shape index (κ1) is 15.0. The number of rotatable bonds is 4. The molecule has 5 nitrogen and oxygen atoms in total. The van der Waals surface area contributed by atoms with Crippen molar-refractivity contribution in [1.82, 2.24) is 0 Å². The van der Waals surface area contributed by atoms with Gasteiger partial charge in [-0.3, -0.25) is 9.59 Å². The molecule has 0 saturated carbocycles. The maximum Gasteiger partial charge on any atom is 0.416 e. The van der Waals surface area contributed by atoms with Gasteiger partial charge in [0.15, 0.2) is 0 Å². The molecule has 1 aromatic rings. The summed E-state index contributed by atoms with van der Waals surface area (Å²) in [5.41, 5.74) is 9.26. The Hall–Kier alpha value is -2.09. The number of nitrogens with one attached hydrogen (secondary N) is 1. The number of alkyl halides is 3. The average Bonchev–Trinajstić information content (AvgIpc) is 2.27. The lowest BCUT2D eigenvalue weighted by molar-refractivity contribution is -0.137. The van der Waals surface area contributed by atoms with Crippen molar-refractivity contribution in [3.63, 3.8) is 0 Å². The van der Waals surface area contributed by atoms with Crippen LogP contribution in [0.2, 0.25) is 0 Å². The summed E-state index contributed by atoms with van der Waals surface area (Å²) in [7, 11) is 0. The number of halogens is 3. The second-order valence-corrected chi connectivity index (χ2v) is 3.84. The third-order valence-electron chi connectivity index (χ3n) is 2.22. The van der Waals surface area contributed by atoms with Gasteiger partial charge in [-0.15, -0.1) is 0 Å². The molecule has 0 heterocycles. The lowest BCUT2D eigenvalue weighted by Crippen LogP contribution is -2.39. The van der Waals surface area contributed by atoms with Crippen molar-refractivity contribution >= 4 is 17.5 Å². The Balaban J connectivity index is 2.77. The van der Waals surface area contributed by atoms with Crippen LogP contribution in [0.1, 0.15) is 12.0 Å². The minimum atomic E-state index is -4.50. The Morgan fingerprint density at radius 2 is 1.95 bits per heavy atom. The van der Waals surface area contributed by atoms with E-state index in [4.69, 9.17) is 11.5 Å². The smallest absolute Gasteiger partial charge is 0.370 e. The molecule has 1 unspecified atom stereocenters. The average molecular weight is 275 g/mol. The van der Waals surface area contributed by atoms with Crippen LogP contribution in [0.5, 0.6) is 0 Å². The topological polar surface area (TPSA) is 98.2 Å². The lowest BCUT2D eigenvalue weighted by atomic mass is 10.1. The maximum absolute atomic E-state index is 12.4. The molecule has 1 atom stereocenters. The van der Waals surface area contributed by atoms with Crippen molar-refractivity contribution in [2.75, 3.05) is 5.32 Å². The fraction of sp³-hybridized carbons (Fsp3) is 0.273. The largest absolute Gasteiger partial charge is 0.416 e. The minimum absolute atomic E-state index is 0.0558. The molecule has 0 radical (unpaired) electrons. The summed E-state index contributed by atoms with van der Waals surface area (Å²) in [5, 5.41) is 2.19. The zero-order valence-electron chi connectivity index (χ0n) is 9.70. The third-order valence-corrected chi connectivity index (χ3v) is 2.22. The van der Waals surface area contributed by atoms with Crippen LogP contribution >= 0.6 is 0 Å². The van der Waals surface area contributed by atoms with Crippen LogP contribution in [0.3, 0.4) is 0 Å². The molecule has 0 spiro atoms. The number of hydrogen-bond donors (Lipinski definition) is 3. The highest BCUT2D eigenvalue weighted by molar-refractivity contribution is 5.97. The van der Waals surface area contributed by atoms with E-state index in [1.165, 1.54) is 6.07 Å². The second-order valence-electron chi connectivity index (χ2n) is 3.84.